The average molecular weight is 198 g/mol. The minimum atomic E-state index is -0.904. The van der Waals surface area contributed by atoms with E-state index in [2.05, 4.69) is 9.97 Å². The molecule has 1 rings (SSSR count). The van der Waals surface area contributed by atoms with Gasteiger partial charge in [0, 0.05) is 6.20 Å². The molecule has 0 saturated heterocycles. The molecule has 0 unspecified atom stereocenters. The fourth-order valence-corrected chi connectivity index (χ4v) is 1.45. The Morgan fingerprint density at radius 2 is 2.46 bits per heavy atom. The molecule has 0 spiro atoms. The quantitative estimate of drug-likeness (QED) is 0.582. The van der Waals surface area contributed by atoms with Crippen LogP contribution in [0.2, 0.25) is 0 Å². The maximum atomic E-state index is 10.4. The molecule has 4 nitrogen and oxygen atoms in total. The molecule has 0 atom stereocenters. The Labute approximate surface area is 80.4 Å². The third-order valence-corrected chi connectivity index (χ3v) is 2.09. The van der Waals surface area contributed by atoms with Crippen LogP contribution in [0.1, 0.15) is 12.7 Å². The molecule has 0 aliphatic heterocycles. The third kappa shape index (κ3) is 3.42. The molecule has 0 saturated carbocycles. The maximum Gasteiger partial charge on any atom is 0.311 e. The van der Waals surface area contributed by atoms with Crippen LogP contribution in [0, 0.1) is 0 Å². The first-order valence-electron chi connectivity index (χ1n) is 3.89. The van der Waals surface area contributed by atoms with Gasteiger partial charge < -0.3 is 5.11 Å². The van der Waals surface area contributed by atoms with Gasteiger partial charge in [0.1, 0.15) is 12.2 Å². The molecule has 0 aromatic carbocycles. The van der Waals surface area contributed by atoms with Crippen LogP contribution in [0.5, 0.6) is 0 Å². The second-order valence-electron chi connectivity index (χ2n) is 2.31. The molecular formula is C8H10N2O2S. The van der Waals surface area contributed by atoms with Crippen LogP contribution in [-0.4, -0.2) is 26.8 Å². The smallest absolute Gasteiger partial charge is 0.311 e. The lowest BCUT2D eigenvalue weighted by Crippen LogP contribution is -2.04. The number of hydrogen-bond acceptors (Lipinski definition) is 4. The minimum absolute atomic E-state index is 0.113. The normalized spacial score (nSPS) is 9.92. The molecule has 0 bridgehead atoms. The van der Waals surface area contributed by atoms with Gasteiger partial charge in [-0.15, -0.1) is 11.8 Å². The number of nitrogens with zero attached hydrogens (tertiary/aromatic N) is 2. The van der Waals surface area contributed by atoms with Gasteiger partial charge in [-0.25, -0.2) is 9.97 Å². The van der Waals surface area contributed by atoms with Crippen molar-refractivity contribution in [1.29, 1.82) is 0 Å². The average Bonchev–Trinajstić information content (AvgIpc) is 2.04. The van der Waals surface area contributed by atoms with E-state index < -0.39 is 5.97 Å². The van der Waals surface area contributed by atoms with Gasteiger partial charge in [0.2, 0.25) is 0 Å². The van der Waals surface area contributed by atoms with Crippen LogP contribution < -0.4 is 0 Å². The summed E-state index contributed by atoms with van der Waals surface area (Å²) in [7, 11) is 0. The molecule has 0 fully saturated rings. The molecule has 13 heavy (non-hydrogen) atoms. The second kappa shape index (κ2) is 4.81. The highest BCUT2D eigenvalue weighted by Gasteiger charge is 2.03. The van der Waals surface area contributed by atoms with Crippen LogP contribution in [0.4, 0.5) is 0 Å². The molecule has 1 N–H and O–H groups in total. The minimum Gasteiger partial charge on any atom is -0.481 e. The van der Waals surface area contributed by atoms with Crippen molar-refractivity contribution in [2.45, 2.75) is 18.4 Å². The van der Waals surface area contributed by atoms with Crippen molar-refractivity contribution in [3.63, 3.8) is 0 Å². The molecule has 0 aliphatic rings. The Hall–Kier alpha value is -1.10. The van der Waals surface area contributed by atoms with Crippen LogP contribution in [0.25, 0.3) is 0 Å². The van der Waals surface area contributed by atoms with Gasteiger partial charge in [-0.05, 0) is 11.8 Å². The first-order chi connectivity index (χ1) is 6.22. The number of rotatable bonds is 4. The van der Waals surface area contributed by atoms with E-state index in [9.17, 15) is 4.79 Å². The Morgan fingerprint density at radius 3 is 3.08 bits per heavy atom. The molecule has 0 amide bonds. The predicted octanol–water partition coefficient (Wildman–Crippen LogP) is 1.22. The monoisotopic (exact) mass is 198 g/mol. The Bertz CT molecular complexity index is 304. The largest absolute Gasteiger partial charge is 0.481 e. The standard InChI is InChI=1S/C8H10N2O2S/c1-2-13-7-3-4-9-6(10-7)5-8(11)12/h3-4H,2,5H2,1H3,(H,11,12). The summed E-state index contributed by atoms with van der Waals surface area (Å²) < 4.78 is 0. The lowest BCUT2D eigenvalue weighted by Gasteiger charge is -1.98. The van der Waals surface area contributed by atoms with E-state index >= 15 is 0 Å². The zero-order valence-corrected chi connectivity index (χ0v) is 8.04. The van der Waals surface area contributed by atoms with Crippen molar-refractivity contribution in [3.05, 3.63) is 18.1 Å². The van der Waals surface area contributed by atoms with E-state index in [1.165, 1.54) is 0 Å². The fraction of sp³-hybridized carbons (Fsp3) is 0.375. The highest BCUT2D eigenvalue weighted by molar-refractivity contribution is 7.99. The number of aliphatic carboxylic acids is 1. The zero-order chi connectivity index (χ0) is 9.68. The molecule has 1 aromatic rings. The molecule has 1 heterocycles. The summed E-state index contributed by atoms with van der Waals surface area (Å²) in [6.07, 6.45) is 1.47. The van der Waals surface area contributed by atoms with Crippen LogP contribution >= 0.6 is 11.8 Å². The Kier molecular flexibility index (Phi) is 3.70. The van der Waals surface area contributed by atoms with E-state index in [1.807, 2.05) is 6.92 Å². The van der Waals surface area contributed by atoms with Crippen molar-refractivity contribution in [2.24, 2.45) is 0 Å². The van der Waals surface area contributed by atoms with Gasteiger partial charge in [-0.1, -0.05) is 6.92 Å². The summed E-state index contributed by atoms with van der Waals surface area (Å²) in [4.78, 5) is 18.3. The summed E-state index contributed by atoms with van der Waals surface area (Å²) in [6, 6.07) is 1.78. The lowest BCUT2D eigenvalue weighted by atomic mass is 10.4. The second-order valence-corrected chi connectivity index (χ2v) is 3.60. The first-order valence-corrected chi connectivity index (χ1v) is 4.87. The lowest BCUT2D eigenvalue weighted by molar-refractivity contribution is -0.136. The van der Waals surface area contributed by atoms with Crippen molar-refractivity contribution in [3.8, 4) is 0 Å². The molecular weight excluding hydrogens is 188 g/mol. The van der Waals surface area contributed by atoms with Crippen LogP contribution in [-0.2, 0) is 11.2 Å². The van der Waals surface area contributed by atoms with Crippen molar-refractivity contribution in [1.82, 2.24) is 9.97 Å². The predicted molar refractivity (Wildman–Crippen MR) is 49.8 cm³/mol. The van der Waals surface area contributed by atoms with E-state index in [4.69, 9.17) is 5.11 Å². The molecule has 1 aromatic heterocycles. The van der Waals surface area contributed by atoms with E-state index in [0.717, 1.165) is 10.8 Å². The highest BCUT2D eigenvalue weighted by Crippen LogP contribution is 2.13. The summed E-state index contributed by atoms with van der Waals surface area (Å²) in [5, 5.41) is 9.33. The number of aromatic nitrogens is 2. The van der Waals surface area contributed by atoms with Gasteiger partial charge in [0.05, 0.1) is 5.03 Å². The fourth-order valence-electron chi connectivity index (χ4n) is 0.829. The summed E-state index contributed by atoms with van der Waals surface area (Å²) >= 11 is 1.57. The van der Waals surface area contributed by atoms with E-state index in [-0.39, 0.29) is 6.42 Å². The van der Waals surface area contributed by atoms with Gasteiger partial charge in [-0.2, -0.15) is 0 Å². The summed E-state index contributed by atoms with van der Waals surface area (Å²) in [6.45, 7) is 2.02. The first kappa shape index (κ1) is 9.98. The third-order valence-electron chi connectivity index (χ3n) is 1.28. The molecule has 0 radical (unpaired) electrons. The summed E-state index contributed by atoms with van der Waals surface area (Å²) in [5.41, 5.74) is 0. The van der Waals surface area contributed by atoms with Crippen molar-refractivity contribution < 1.29 is 9.90 Å². The number of carbonyl (C=O) groups is 1. The van der Waals surface area contributed by atoms with Crippen LogP contribution in [0.15, 0.2) is 17.3 Å². The van der Waals surface area contributed by atoms with Gasteiger partial charge in [-0.3, -0.25) is 4.79 Å². The van der Waals surface area contributed by atoms with Crippen molar-refractivity contribution in [2.75, 3.05) is 5.75 Å². The topological polar surface area (TPSA) is 63.1 Å². The zero-order valence-electron chi connectivity index (χ0n) is 7.23. The molecule has 0 aliphatic carbocycles. The Morgan fingerprint density at radius 1 is 1.69 bits per heavy atom. The molecule has 5 heteroatoms. The number of carboxylic acid groups (broad SMARTS) is 1. The number of thioether (sulfide) groups is 1. The maximum absolute atomic E-state index is 10.4. The SMILES string of the molecule is CCSc1ccnc(CC(=O)O)n1. The van der Waals surface area contributed by atoms with Crippen molar-refractivity contribution >= 4 is 17.7 Å². The summed E-state index contributed by atoms with van der Waals surface area (Å²) in [5.74, 6) is 0.383. The van der Waals surface area contributed by atoms with Gasteiger partial charge in [0.15, 0.2) is 0 Å². The van der Waals surface area contributed by atoms with E-state index in [1.54, 1.807) is 24.0 Å². The van der Waals surface area contributed by atoms with Crippen LogP contribution in [0.3, 0.4) is 0 Å². The number of carboxylic acids is 1. The Balaban J connectivity index is 2.73. The molecule has 70 valence electrons. The van der Waals surface area contributed by atoms with Gasteiger partial charge >= 0.3 is 5.97 Å². The van der Waals surface area contributed by atoms with E-state index in [0.29, 0.717) is 5.82 Å². The highest BCUT2D eigenvalue weighted by atomic mass is 32.2. The van der Waals surface area contributed by atoms with Gasteiger partial charge in [0.25, 0.3) is 0 Å². The number of hydrogen-bond donors (Lipinski definition) is 1.